The fourth-order valence-electron chi connectivity index (χ4n) is 5.04. The van der Waals surface area contributed by atoms with E-state index >= 15 is 0 Å². The largest absolute Gasteiger partial charge is 0.491 e. The Bertz CT molecular complexity index is 1300. The summed E-state index contributed by atoms with van der Waals surface area (Å²) in [7, 11) is 0. The maximum absolute atomic E-state index is 13.2. The van der Waals surface area contributed by atoms with E-state index in [1.165, 1.54) is 11.3 Å². The fraction of sp³-hybridized carbons (Fsp3) is 0.429. The first-order valence-corrected chi connectivity index (χ1v) is 14.8. The van der Waals surface area contributed by atoms with E-state index < -0.39 is 0 Å². The second-order valence-electron chi connectivity index (χ2n) is 10.1. The van der Waals surface area contributed by atoms with Crippen LogP contribution >= 0.6 is 34.5 Å². The monoisotopic (exact) mass is 587 g/mol. The minimum atomic E-state index is -0.0541. The molecule has 1 aromatic carbocycles. The highest BCUT2D eigenvalue weighted by Crippen LogP contribution is 2.34. The van der Waals surface area contributed by atoms with E-state index in [0.717, 1.165) is 29.3 Å². The molecule has 0 atom stereocenters. The van der Waals surface area contributed by atoms with E-state index in [2.05, 4.69) is 9.88 Å². The van der Waals surface area contributed by atoms with Crippen molar-refractivity contribution in [1.82, 2.24) is 19.8 Å². The van der Waals surface area contributed by atoms with Gasteiger partial charge in [0, 0.05) is 68.5 Å². The average Bonchev–Trinajstić information content (AvgIpc) is 3.43. The van der Waals surface area contributed by atoms with Crippen molar-refractivity contribution in [3.63, 3.8) is 0 Å². The number of anilines is 1. The van der Waals surface area contributed by atoms with Gasteiger partial charge >= 0.3 is 0 Å². The summed E-state index contributed by atoms with van der Waals surface area (Å²) in [6.45, 7) is 7.67. The molecule has 2 aromatic heterocycles. The summed E-state index contributed by atoms with van der Waals surface area (Å²) in [5.74, 6) is 0.989. The SMILES string of the molecule is CC(C)Oc1ccc(C(=O)N2CCC(c3nc(C(=O)N4CCN(c5c(Cl)cncc5Cl)CC4)cs3)CC2)cc1. The van der Waals surface area contributed by atoms with Crippen LogP contribution < -0.4 is 9.64 Å². The predicted molar refractivity (Wildman–Crippen MR) is 155 cm³/mol. The summed E-state index contributed by atoms with van der Waals surface area (Å²) in [5, 5.41) is 3.84. The first-order chi connectivity index (χ1) is 18.8. The maximum atomic E-state index is 13.2. The van der Waals surface area contributed by atoms with Gasteiger partial charge in [-0.15, -0.1) is 11.3 Å². The van der Waals surface area contributed by atoms with Crippen LogP contribution in [0, 0.1) is 0 Å². The summed E-state index contributed by atoms with van der Waals surface area (Å²) in [4.78, 5) is 40.7. The van der Waals surface area contributed by atoms with E-state index in [1.54, 1.807) is 12.4 Å². The molecule has 4 heterocycles. The maximum Gasteiger partial charge on any atom is 0.273 e. The third kappa shape index (κ3) is 6.31. The molecule has 5 rings (SSSR count). The number of rotatable bonds is 6. The van der Waals surface area contributed by atoms with Gasteiger partial charge in [0.05, 0.1) is 26.8 Å². The van der Waals surface area contributed by atoms with E-state index in [0.29, 0.717) is 60.6 Å². The summed E-state index contributed by atoms with van der Waals surface area (Å²) in [6, 6.07) is 7.34. The number of pyridine rings is 1. The minimum absolute atomic E-state index is 0.0352. The molecule has 2 aliphatic rings. The molecule has 206 valence electrons. The lowest BCUT2D eigenvalue weighted by atomic mass is 9.97. The molecule has 2 saturated heterocycles. The van der Waals surface area contributed by atoms with Crippen LogP contribution in [0.15, 0.2) is 42.0 Å². The molecule has 8 nitrogen and oxygen atoms in total. The topological polar surface area (TPSA) is 78.9 Å². The Labute approximate surface area is 242 Å². The molecule has 2 fully saturated rings. The number of piperidine rings is 1. The van der Waals surface area contributed by atoms with Gasteiger partial charge < -0.3 is 19.4 Å². The zero-order chi connectivity index (χ0) is 27.5. The smallest absolute Gasteiger partial charge is 0.273 e. The Kier molecular flexibility index (Phi) is 8.59. The van der Waals surface area contributed by atoms with Gasteiger partial charge in [-0.2, -0.15) is 0 Å². The number of benzene rings is 1. The molecule has 2 amide bonds. The molecular weight excluding hydrogens is 557 g/mol. The van der Waals surface area contributed by atoms with Crippen LogP contribution in [0.4, 0.5) is 5.69 Å². The van der Waals surface area contributed by atoms with Crippen molar-refractivity contribution in [2.45, 2.75) is 38.7 Å². The molecule has 3 aromatic rings. The number of likely N-dealkylation sites (tertiary alicyclic amines) is 1. The molecule has 0 aliphatic carbocycles. The predicted octanol–water partition coefficient (Wildman–Crippen LogP) is 5.61. The van der Waals surface area contributed by atoms with Gasteiger partial charge in [0.25, 0.3) is 11.8 Å². The van der Waals surface area contributed by atoms with Gasteiger partial charge in [0.15, 0.2) is 0 Å². The number of carbonyl (C=O) groups excluding carboxylic acids is 2. The summed E-state index contributed by atoms with van der Waals surface area (Å²) < 4.78 is 5.67. The molecule has 0 radical (unpaired) electrons. The highest BCUT2D eigenvalue weighted by atomic mass is 35.5. The van der Waals surface area contributed by atoms with Crippen LogP contribution in [-0.4, -0.2) is 77.0 Å². The summed E-state index contributed by atoms with van der Waals surface area (Å²) >= 11 is 14.2. The van der Waals surface area contributed by atoms with E-state index in [9.17, 15) is 9.59 Å². The quantitative estimate of drug-likeness (QED) is 0.373. The number of hydrogen-bond acceptors (Lipinski definition) is 7. The minimum Gasteiger partial charge on any atom is -0.491 e. The van der Waals surface area contributed by atoms with Crippen molar-refractivity contribution >= 4 is 52.0 Å². The third-order valence-corrected chi connectivity index (χ3v) is 8.62. The van der Waals surface area contributed by atoms with Crippen LogP contribution in [0.2, 0.25) is 10.0 Å². The van der Waals surface area contributed by atoms with Crippen molar-refractivity contribution < 1.29 is 14.3 Å². The average molecular weight is 589 g/mol. The second-order valence-corrected chi connectivity index (χ2v) is 11.8. The van der Waals surface area contributed by atoms with Gasteiger partial charge in [0.1, 0.15) is 11.4 Å². The number of aromatic nitrogens is 2. The standard InChI is InChI=1S/C28H31Cl2N5O3S/c1-18(2)38-21-5-3-20(4-6-21)27(36)34-9-7-19(8-10-34)26-32-24(17-39-26)28(37)35-13-11-33(12-14-35)25-22(29)15-31-16-23(25)30/h3-6,15-19H,7-14H2,1-2H3. The number of carbonyl (C=O) groups is 2. The van der Waals surface area contributed by atoms with E-state index in [1.807, 2.05) is 53.3 Å². The Morgan fingerprint density at radius 3 is 2.15 bits per heavy atom. The lowest BCUT2D eigenvalue weighted by Crippen LogP contribution is -2.49. The molecule has 0 saturated carbocycles. The number of piperazine rings is 1. The second kappa shape index (κ2) is 12.1. The van der Waals surface area contributed by atoms with Gasteiger partial charge in [-0.25, -0.2) is 4.98 Å². The number of ether oxygens (including phenoxy) is 1. The normalized spacial score (nSPS) is 16.6. The molecule has 11 heteroatoms. The Balaban J connectivity index is 1.13. The van der Waals surface area contributed by atoms with Gasteiger partial charge in [0.2, 0.25) is 0 Å². The lowest BCUT2D eigenvalue weighted by Gasteiger charge is -2.36. The van der Waals surface area contributed by atoms with Crippen molar-refractivity contribution in [2.75, 3.05) is 44.2 Å². The molecular formula is C28H31Cl2N5O3S. The number of amides is 2. The van der Waals surface area contributed by atoms with Gasteiger partial charge in [-0.3, -0.25) is 14.6 Å². The highest BCUT2D eigenvalue weighted by molar-refractivity contribution is 7.09. The van der Waals surface area contributed by atoms with Crippen molar-refractivity contribution in [3.05, 3.63) is 68.3 Å². The van der Waals surface area contributed by atoms with Crippen molar-refractivity contribution in [3.8, 4) is 5.75 Å². The Morgan fingerprint density at radius 1 is 0.923 bits per heavy atom. The lowest BCUT2D eigenvalue weighted by molar-refractivity contribution is 0.0712. The van der Waals surface area contributed by atoms with Crippen molar-refractivity contribution in [2.24, 2.45) is 0 Å². The van der Waals surface area contributed by atoms with Crippen LogP contribution in [0.25, 0.3) is 0 Å². The number of halogens is 2. The van der Waals surface area contributed by atoms with Crippen molar-refractivity contribution in [1.29, 1.82) is 0 Å². The number of hydrogen-bond donors (Lipinski definition) is 0. The molecule has 2 aliphatic heterocycles. The first-order valence-electron chi connectivity index (χ1n) is 13.1. The molecule has 0 N–H and O–H groups in total. The summed E-state index contributed by atoms with van der Waals surface area (Å²) in [5.41, 5.74) is 1.92. The Morgan fingerprint density at radius 2 is 1.54 bits per heavy atom. The van der Waals surface area contributed by atoms with Crippen LogP contribution in [0.3, 0.4) is 0 Å². The van der Waals surface area contributed by atoms with Gasteiger partial charge in [-0.1, -0.05) is 23.2 Å². The first kappa shape index (κ1) is 27.7. The van der Waals surface area contributed by atoms with Gasteiger partial charge in [-0.05, 0) is 51.0 Å². The van der Waals surface area contributed by atoms with Crippen LogP contribution in [-0.2, 0) is 0 Å². The Hall–Kier alpha value is -2.88. The third-order valence-electron chi connectivity index (χ3n) is 7.06. The number of thiazole rings is 1. The van der Waals surface area contributed by atoms with E-state index in [4.69, 9.17) is 32.9 Å². The van der Waals surface area contributed by atoms with Crippen LogP contribution in [0.5, 0.6) is 5.75 Å². The van der Waals surface area contributed by atoms with E-state index in [-0.39, 0.29) is 23.8 Å². The fourth-order valence-corrected chi connectivity index (χ4v) is 6.60. The zero-order valence-corrected chi connectivity index (χ0v) is 24.3. The molecule has 0 unspecified atom stereocenters. The highest BCUT2D eigenvalue weighted by Gasteiger charge is 2.29. The summed E-state index contributed by atoms with van der Waals surface area (Å²) in [6.07, 6.45) is 4.91. The van der Waals surface area contributed by atoms with Crippen LogP contribution in [0.1, 0.15) is 58.5 Å². The molecule has 39 heavy (non-hydrogen) atoms. The molecule has 0 bridgehead atoms. The number of nitrogens with zero attached hydrogens (tertiary/aromatic N) is 5. The zero-order valence-electron chi connectivity index (χ0n) is 22.0. The molecule has 0 spiro atoms.